The molecule has 10 heavy (non-hydrogen) atoms. The first-order valence-corrected chi connectivity index (χ1v) is 3.61. The Bertz CT molecular complexity index is 197. The third-order valence-corrected chi connectivity index (χ3v) is 1.66. The lowest BCUT2D eigenvalue weighted by atomic mass is 9.94. The summed E-state index contributed by atoms with van der Waals surface area (Å²) in [5.41, 5.74) is 0.961. The molecule has 1 heteroatoms. The van der Waals surface area contributed by atoms with Gasteiger partial charge in [0.15, 0.2) is 5.78 Å². The summed E-state index contributed by atoms with van der Waals surface area (Å²) in [4.78, 5) is 11.1. The average molecular weight is 136 g/mol. The van der Waals surface area contributed by atoms with Gasteiger partial charge in [0.1, 0.15) is 0 Å². The second kappa shape index (κ2) is 2.82. The maximum Gasteiger partial charge on any atom is 0.162 e. The summed E-state index contributed by atoms with van der Waals surface area (Å²) in [5.74, 6) is 0.648. The SMILES string of the molecule is CC(C)C1=CC=CCC1=O. The predicted octanol–water partition coefficient (Wildman–Crippen LogP) is 2.10. The van der Waals surface area contributed by atoms with Crippen molar-refractivity contribution >= 4 is 5.78 Å². The second-order valence-electron chi connectivity index (χ2n) is 2.83. The van der Waals surface area contributed by atoms with Gasteiger partial charge in [0.2, 0.25) is 0 Å². The summed E-state index contributed by atoms with van der Waals surface area (Å²) in [6, 6.07) is 0. The van der Waals surface area contributed by atoms with E-state index >= 15 is 0 Å². The fraction of sp³-hybridized carbons (Fsp3) is 0.444. The van der Waals surface area contributed by atoms with Crippen LogP contribution >= 0.6 is 0 Å². The van der Waals surface area contributed by atoms with Crippen LogP contribution < -0.4 is 0 Å². The van der Waals surface area contributed by atoms with E-state index in [0.717, 1.165) is 5.57 Å². The molecule has 0 saturated heterocycles. The Morgan fingerprint density at radius 2 is 2.20 bits per heavy atom. The van der Waals surface area contributed by atoms with Gasteiger partial charge in [0.05, 0.1) is 0 Å². The van der Waals surface area contributed by atoms with E-state index in [9.17, 15) is 4.79 Å². The van der Waals surface area contributed by atoms with Crippen LogP contribution in [0.15, 0.2) is 23.8 Å². The molecule has 0 fully saturated rings. The molecule has 0 saturated carbocycles. The van der Waals surface area contributed by atoms with Crippen molar-refractivity contribution < 1.29 is 4.79 Å². The van der Waals surface area contributed by atoms with Gasteiger partial charge in [0.25, 0.3) is 0 Å². The summed E-state index contributed by atoms with van der Waals surface area (Å²) in [6.07, 6.45) is 6.35. The van der Waals surface area contributed by atoms with Gasteiger partial charge in [-0.1, -0.05) is 32.1 Å². The number of Topliss-reactive ketones (excluding diaryl/α,β-unsaturated/α-hetero) is 1. The Hall–Kier alpha value is -0.850. The molecule has 54 valence electrons. The van der Waals surface area contributed by atoms with Crippen molar-refractivity contribution in [3.8, 4) is 0 Å². The van der Waals surface area contributed by atoms with Crippen LogP contribution in [0.5, 0.6) is 0 Å². The highest BCUT2D eigenvalue weighted by Crippen LogP contribution is 2.16. The molecular formula is C9H12O. The van der Waals surface area contributed by atoms with E-state index in [1.165, 1.54) is 0 Å². The smallest absolute Gasteiger partial charge is 0.162 e. The number of ketones is 1. The zero-order valence-corrected chi connectivity index (χ0v) is 6.42. The minimum absolute atomic E-state index is 0.275. The molecule has 0 aliphatic heterocycles. The summed E-state index contributed by atoms with van der Waals surface area (Å²) >= 11 is 0. The summed E-state index contributed by atoms with van der Waals surface area (Å²) in [5, 5.41) is 0. The third kappa shape index (κ3) is 1.35. The average Bonchev–Trinajstić information content (AvgIpc) is 1.88. The first-order valence-electron chi connectivity index (χ1n) is 3.61. The largest absolute Gasteiger partial charge is 0.294 e. The summed E-state index contributed by atoms with van der Waals surface area (Å²) in [6.45, 7) is 4.09. The van der Waals surface area contributed by atoms with E-state index in [1.807, 2.05) is 32.1 Å². The molecule has 0 unspecified atom stereocenters. The number of hydrogen-bond donors (Lipinski definition) is 0. The summed E-state index contributed by atoms with van der Waals surface area (Å²) < 4.78 is 0. The van der Waals surface area contributed by atoms with Crippen molar-refractivity contribution in [1.82, 2.24) is 0 Å². The van der Waals surface area contributed by atoms with Crippen molar-refractivity contribution in [2.45, 2.75) is 20.3 Å². The second-order valence-corrected chi connectivity index (χ2v) is 2.83. The molecule has 0 bridgehead atoms. The predicted molar refractivity (Wildman–Crippen MR) is 41.7 cm³/mol. The molecule has 0 N–H and O–H groups in total. The molecule has 0 atom stereocenters. The Labute approximate surface area is 61.4 Å². The minimum Gasteiger partial charge on any atom is -0.294 e. The molecule has 0 amide bonds. The number of carbonyl (C=O) groups excluding carboxylic acids is 1. The highest BCUT2D eigenvalue weighted by Gasteiger charge is 2.12. The van der Waals surface area contributed by atoms with E-state index in [4.69, 9.17) is 0 Å². The topological polar surface area (TPSA) is 17.1 Å². The van der Waals surface area contributed by atoms with Crippen LogP contribution in [0.3, 0.4) is 0 Å². The first kappa shape index (κ1) is 7.26. The maximum absolute atomic E-state index is 11.1. The zero-order chi connectivity index (χ0) is 7.56. The Kier molecular flexibility index (Phi) is 2.05. The van der Waals surface area contributed by atoms with Gasteiger partial charge in [-0.15, -0.1) is 0 Å². The summed E-state index contributed by atoms with van der Waals surface area (Å²) in [7, 11) is 0. The van der Waals surface area contributed by atoms with Gasteiger partial charge in [-0.25, -0.2) is 0 Å². The van der Waals surface area contributed by atoms with Gasteiger partial charge >= 0.3 is 0 Å². The lowest BCUT2D eigenvalue weighted by Gasteiger charge is -2.10. The van der Waals surface area contributed by atoms with E-state index in [0.29, 0.717) is 12.3 Å². The standard InChI is InChI=1S/C9H12O/c1-7(2)8-5-3-4-6-9(8)10/h3-5,7H,6H2,1-2H3. The van der Waals surface area contributed by atoms with Crippen LogP contribution in [0.1, 0.15) is 20.3 Å². The molecule has 0 aromatic heterocycles. The van der Waals surface area contributed by atoms with Crippen LogP contribution in [0, 0.1) is 5.92 Å². The molecule has 1 rings (SSSR count). The van der Waals surface area contributed by atoms with E-state index in [-0.39, 0.29) is 5.78 Å². The van der Waals surface area contributed by atoms with Crippen molar-refractivity contribution in [1.29, 1.82) is 0 Å². The molecule has 1 aliphatic rings. The van der Waals surface area contributed by atoms with Crippen LogP contribution in [-0.2, 0) is 4.79 Å². The minimum atomic E-state index is 0.275. The Morgan fingerprint density at radius 3 is 2.60 bits per heavy atom. The van der Waals surface area contributed by atoms with Crippen molar-refractivity contribution in [2.24, 2.45) is 5.92 Å². The molecule has 1 nitrogen and oxygen atoms in total. The molecular weight excluding hydrogens is 124 g/mol. The van der Waals surface area contributed by atoms with E-state index < -0.39 is 0 Å². The number of hydrogen-bond acceptors (Lipinski definition) is 1. The normalized spacial score (nSPS) is 17.9. The van der Waals surface area contributed by atoms with Gasteiger partial charge in [-0.2, -0.15) is 0 Å². The zero-order valence-electron chi connectivity index (χ0n) is 6.42. The van der Waals surface area contributed by atoms with Crippen molar-refractivity contribution in [3.63, 3.8) is 0 Å². The van der Waals surface area contributed by atoms with E-state index in [1.54, 1.807) is 0 Å². The third-order valence-electron chi connectivity index (χ3n) is 1.66. The lowest BCUT2D eigenvalue weighted by molar-refractivity contribution is -0.115. The molecule has 0 aromatic rings. The number of allylic oxidation sites excluding steroid dienone is 4. The van der Waals surface area contributed by atoms with Crippen LogP contribution in [-0.4, -0.2) is 5.78 Å². The van der Waals surface area contributed by atoms with Gasteiger partial charge in [0, 0.05) is 6.42 Å². The first-order chi connectivity index (χ1) is 4.72. The van der Waals surface area contributed by atoms with Gasteiger partial charge < -0.3 is 0 Å². The molecule has 0 aromatic carbocycles. The van der Waals surface area contributed by atoms with Crippen LogP contribution in [0.2, 0.25) is 0 Å². The van der Waals surface area contributed by atoms with Gasteiger partial charge in [-0.3, -0.25) is 4.79 Å². The molecule has 1 aliphatic carbocycles. The van der Waals surface area contributed by atoms with Crippen LogP contribution in [0.25, 0.3) is 0 Å². The van der Waals surface area contributed by atoms with Crippen LogP contribution in [0.4, 0.5) is 0 Å². The lowest BCUT2D eigenvalue weighted by Crippen LogP contribution is -2.08. The number of rotatable bonds is 1. The van der Waals surface area contributed by atoms with E-state index in [2.05, 4.69) is 0 Å². The highest BCUT2D eigenvalue weighted by atomic mass is 16.1. The maximum atomic E-state index is 11.1. The Morgan fingerprint density at radius 1 is 1.50 bits per heavy atom. The quantitative estimate of drug-likeness (QED) is 0.539. The molecule has 0 radical (unpaired) electrons. The molecule has 0 spiro atoms. The number of carbonyl (C=O) groups is 1. The monoisotopic (exact) mass is 136 g/mol. The highest BCUT2D eigenvalue weighted by molar-refractivity contribution is 5.97. The molecule has 0 heterocycles. The fourth-order valence-electron chi connectivity index (χ4n) is 1.07. The Balaban J connectivity index is 2.80. The van der Waals surface area contributed by atoms with Gasteiger partial charge in [-0.05, 0) is 11.5 Å². The van der Waals surface area contributed by atoms with Crippen molar-refractivity contribution in [3.05, 3.63) is 23.8 Å². The fourth-order valence-corrected chi connectivity index (χ4v) is 1.07. The van der Waals surface area contributed by atoms with Crippen molar-refractivity contribution in [2.75, 3.05) is 0 Å².